The van der Waals surface area contributed by atoms with Gasteiger partial charge in [-0.25, -0.2) is 13.4 Å². The molecule has 0 aliphatic carbocycles. The van der Waals surface area contributed by atoms with Crippen molar-refractivity contribution < 1.29 is 41.8 Å². The Hall–Kier alpha value is -6.38. The Morgan fingerprint density at radius 3 is 2.34 bits per heavy atom. The summed E-state index contributed by atoms with van der Waals surface area (Å²) >= 11 is 6.55. The van der Waals surface area contributed by atoms with Gasteiger partial charge in [0.05, 0.1) is 44.6 Å². The number of imide groups is 1. The van der Waals surface area contributed by atoms with Gasteiger partial charge in [-0.2, -0.15) is 4.98 Å². The van der Waals surface area contributed by atoms with Crippen molar-refractivity contribution in [1.82, 2.24) is 30.0 Å². The number of methoxy groups -OCH3 is 2. The highest BCUT2D eigenvalue weighted by Crippen LogP contribution is 2.41. The molecule has 3 aromatic carbocycles. The summed E-state index contributed by atoms with van der Waals surface area (Å²) in [5.74, 6) is 0.506. The molecule has 1 unspecified atom stereocenters. The van der Waals surface area contributed by atoms with Gasteiger partial charge in [0.2, 0.25) is 27.8 Å². The zero-order chi connectivity index (χ0) is 48.2. The predicted molar refractivity (Wildman–Crippen MR) is 256 cm³/mol. The molecule has 7 rings (SSSR count). The Labute approximate surface area is 395 Å². The molecule has 3 N–H and O–H groups in total. The molecule has 4 heterocycles. The first-order chi connectivity index (χ1) is 32.0. The molecular formula is C46H57ClN10O9S. The molecule has 358 valence electrons. The second kappa shape index (κ2) is 20.6. The Morgan fingerprint density at radius 2 is 1.66 bits per heavy atom. The van der Waals surface area contributed by atoms with Crippen LogP contribution in [0.4, 0.5) is 34.5 Å². The van der Waals surface area contributed by atoms with E-state index in [0.717, 1.165) is 54.2 Å². The van der Waals surface area contributed by atoms with Crippen LogP contribution in [0.1, 0.15) is 54.1 Å². The number of halogens is 1. The Morgan fingerprint density at radius 1 is 0.940 bits per heavy atom. The molecule has 4 amide bonds. The summed E-state index contributed by atoms with van der Waals surface area (Å²) in [4.78, 5) is 67.4. The molecule has 0 radical (unpaired) electrons. The monoisotopic (exact) mass is 960 g/mol. The van der Waals surface area contributed by atoms with E-state index in [9.17, 15) is 27.6 Å². The number of aromatic nitrogens is 2. The Kier molecular flexibility index (Phi) is 15.0. The molecule has 0 spiro atoms. The summed E-state index contributed by atoms with van der Waals surface area (Å²) in [6, 6.07) is 13.8. The van der Waals surface area contributed by atoms with E-state index in [1.54, 1.807) is 55.5 Å². The van der Waals surface area contributed by atoms with E-state index in [-0.39, 0.29) is 66.2 Å². The third-order valence-corrected chi connectivity index (χ3v) is 14.0. The van der Waals surface area contributed by atoms with Gasteiger partial charge < -0.3 is 44.4 Å². The fourth-order valence-corrected chi connectivity index (χ4v) is 9.26. The molecule has 19 nitrogen and oxygen atoms in total. The average Bonchev–Trinajstić information content (AvgIpc) is 3.65. The minimum Gasteiger partial charge on any atom is -0.494 e. The van der Waals surface area contributed by atoms with Crippen molar-refractivity contribution in [1.29, 1.82) is 0 Å². The van der Waals surface area contributed by atoms with Gasteiger partial charge in [0.1, 0.15) is 34.0 Å². The van der Waals surface area contributed by atoms with Crippen molar-refractivity contribution in [3.63, 3.8) is 0 Å². The molecule has 3 aliphatic heterocycles. The van der Waals surface area contributed by atoms with Crippen molar-refractivity contribution in [2.75, 3.05) is 94.2 Å². The molecule has 2 saturated heterocycles. The van der Waals surface area contributed by atoms with Crippen molar-refractivity contribution in [2.45, 2.75) is 57.7 Å². The molecule has 1 atom stereocenters. The number of hydrogen-bond donors (Lipinski definition) is 3. The third-order valence-electron chi connectivity index (χ3n) is 12.6. The number of likely N-dealkylation sites (N-methyl/N-ethyl adjacent to an activating group) is 2. The fourth-order valence-electron chi connectivity index (χ4n) is 8.60. The average molecular weight is 962 g/mol. The molecule has 0 saturated carbocycles. The number of ether oxygens (including phenoxy) is 3. The lowest BCUT2D eigenvalue weighted by atomic mass is 10.0. The number of para-hydroxylation sites is 1. The number of hydrogen-bond acceptors (Lipinski definition) is 15. The van der Waals surface area contributed by atoms with Crippen molar-refractivity contribution >= 4 is 79.8 Å². The van der Waals surface area contributed by atoms with E-state index in [2.05, 4.69) is 49.7 Å². The van der Waals surface area contributed by atoms with Crippen LogP contribution in [0.3, 0.4) is 0 Å². The molecule has 0 bridgehead atoms. The smallest absolute Gasteiger partial charge is 0.260 e. The summed E-state index contributed by atoms with van der Waals surface area (Å²) in [6.45, 7) is 4.86. The summed E-state index contributed by atoms with van der Waals surface area (Å²) < 4.78 is 43.5. The molecule has 3 aliphatic rings. The standard InChI is InChI=1S/C46H57ClN10O9S/c1-8-28-23-34(50-46-48-25-32(47)43(52-46)49-33-12-10-14-38(64-5)42(33)55(4)67(7,62)63)39(65-6)24-36(28)56-19-17-29(18-20-56)53(2)21-22-54(3)41(59)27-66-37-13-9-11-30-31(37)26-57(45(30)61)35-15-16-40(58)51-44(35)60/h9-14,23-25,29,35H,8,15-22,26-27H2,1-7H3,(H,51,58,60)(H2,48,49,50,52). The maximum Gasteiger partial charge on any atom is 0.260 e. The number of aryl methyl sites for hydroxylation is 1. The van der Waals surface area contributed by atoms with E-state index < -0.39 is 22.0 Å². The minimum absolute atomic E-state index is 0.157. The molecule has 4 aromatic rings. The number of sulfonamides is 1. The number of nitrogens with zero attached hydrogens (tertiary/aromatic N) is 7. The molecule has 1 aromatic heterocycles. The van der Waals surface area contributed by atoms with Crippen molar-refractivity contribution in [3.8, 4) is 17.2 Å². The summed E-state index contributed by atoms with van der Waals surface area (Å²) in [5.41, 5.74) is 4.58. The van der Waals surface area contributed by atoms with Crippen LogP contribution in [0.25, 0.3) is 0 Å². The van der Waals surface area contributed by atoms with Gasteiger partial charge in [0.15, 0.2) is 12.4 Å². The first kappa shape index (κ1) is 48.6. The zero-order valence-corrected chi connectivity index (χ0v) is 40.3. The molecule has 2 fully saturated rings. The lowest BCUT2D eigenvalue weighted by Crippen LogP contribution is -2.52. The Balaban J connectivity index is 0.928. The number of piperidine rings is 2. The number of carbonyl (C=O) groups excluding carboxylic acids is 4. The van der Waals surface area contributed by atoms with Crippen LogP contribution in [-0.2, 0) is 37.4 Å². The maximum atomic E-state index is 13.2. The lowest BCUT2D eigenvalue weighted by molar-refractivity contribution is -0.137. The molecule has 67 heavy (non-hydrogen) atoms. The van der Waals surface area contributed by atoms with E-state index in [0.29, 0.717) is 58.9 Å². The summed E-state index contributed by atoms with van der Waals surface area (Å²) in [5, 5.41) is 8.98. The number of rotatable bonds is 18. The normalized spacial score (nSPS) is 16.4. The zero-order valence-electron chi connectivity index (χ0n) is 38.7. The predicted octanol–water partition coefficient (Wildman–Crippen LogP) is 4.79. The van der Waals surface area contributed by atoms with Gasteiger partial charge in [0.25, 0.3) is 11.8 Å². The topological polar surface area (TPSA) is 208 Å². The van der Waals surface area contributed by atoms with Crippen LogP contribution in [-0.4, -0.2) is 143 Å². The highest BCUT2D eigenvalue weighted by molar-refractivity contribution is 7.92. The van der Waals surface area contributed by atoms with Gasteiger partial charge >= 0.3 is 0 Å². The van der Waals surface area contributed by atoms with Gasteiger partial charge in [-0.15, -0.1) is 0 Å². The fraction of sp³-hybridized carbons (Fsp3) is 0.435. The third kappa shape index (κ3) is 10.8. The Bertz CT molecular complexity index is 2650. The summed E-state index contributed by atoms with van der Waals surface area (Å²) in [6.07, 6.45) is 5.57. The van der Waals surface area contributed by atoms with Crippen LogP contribution in [0, 0.1) is 0 Å². The molecular weight excluding hydrogens is 904 g/mol. The quantitative estimate of drug-likeness (QED) is 0.115. The largest absolute Gasteiger partial charge is 0.494 e. The number of nitrogens with one attached hydrogen (secondary N) is 3. The number of carbonyl (C=O) groups is 4. The van der Waals surface area contributed by atoms with Gasteiger partial charge in [0, 0.05) is 75.6 Å². The maximum absolute atomic E-state index is 13.2. The first-order valence-electron chi connectivity index (χ1n) is 22.0. The number of anilines is 6. The van der Waals surface area contributed by atoms with Crippen molar-refractivity contribution in [3.05, 3.63) is 76.4 Å². The van der Waals surface area contributed by atoms with E-state index in [1.165, 1.54) is 25.3 Å². The van der Waals surface area contributed by atoms with E-state index in [1.807, 2.05) is 12.1 Å². The van der Waals surface area contributed by atoms with Crippen molar-refractivity contribution in [2.24, 2.45) is 0 Å². The second-order valence-corrected chi connectivity index (χ2v) is 19.2. The summed E-state index contributed by atoms with van der Waals surface area (Å²) in [7, 11) is 4.70. The highest BCUT2D eigenvalue weighted by Gasteiger charge is 2.40. The van der Waals surface area contributed by atoms with Crippen LogP contribution < -0.4 is 39.4 Å². The number of amides is 4. The first-order valence-corrected chi connectivity index (χ1v) is 24.2. The van der Waals surface area contributed by atoms with Crippen LogP contribution in [0.2, 0.25) is 5.02 Å². The van der Waals surface area contributed by atoms with E-state index >= 15 is 0 Å². The highest BCUT2D eigenvalue weighted by atomic mass is 35.5. The minimum atomic E-state index is -3.64. The number of benzene rings is 3. The second-order valence-electron chi connectivity index (χ2n) is 16.7. The van der Waals surface area contributed by atoms with Crippen LogP contribution >= 0.6 is 11.6 Å². The SMILES string of the molecule is CCc1cc(Nc2ncc(Cl)c(Nc3cccc(OC)c3N(C)S(C)(=O)=O)n2)c(OC)cc1N1CCC(N(C)CCN(C)C(=O)COc2cccc3c2CN(C2CCC(=O)NC2=O)C3=O)CC1. The molecule has 21 heteroatoms. The van der Waals surface area contributed by atoms with E-state index in [4.69, 9.17) is 25.8 Å². The number of fused-ring (bicyclic) bond motifs is 1. The van der Waals surface area contributed by atoms with Gasteiger partial charge in [-0.05, 0) is 68.6 Å². The van der Waals surface area contributed by atoms with Crippen LogP contribution in [0.15, 0.2) is 54.7 Å². The van der Waals surface area contributed by atoms with Gasteiger partial charge in [-0.1, -0.05) is 30.7 Å². The van der Waals surface area contributed by atoms with Gasteiger partial charge in [-0.3, -0.25) is 28.8 Å². The lowest BCUT2D eigenvalue weighted by Gasteiger charge is -2.39. The van der Waals surface area contributed by atoms with Crippen LogP contribution in [0.5, 0.6) is 17.2 Å².